The van der Waals surface area contributed by atoms with Crippen LogP contribution in [-0.4, -0.2) is 11.0 Å². The van der Waals surface area contributed by atoms with Crippen molar-refractivity contribution in [3.63, 3.8) is 0 Å². The quantitative estimate of drug-likeness (QED) is 0.449. The third-order valence-corrected chi connectivity index (χ3v) is 4.87. The zero-order valence-corrected chi connectivity index (χ0v) is 16.5. The van der Waals surface area contributed by atoms with Gasteiger partial charge in [0.1, 0.15) is 16.9 Å². The molecule has 2 aromatic carbocycles. The summed E-state index contributed by atoms with van der Waals surface area (Å²) in [6.07, 6.45) is 5.18. The monoisotopic (exact) mass is 398 g/mol. The van der Waals surface area contributed by atoms with E-state index >= 15 is 0 Å². The zero-order chi connectivity index (χ0) is 20.1. The van der Waals surface area contributed by atoms with Gasteiger partial charge in [-0.2, -0.15) is 0 Å². The van der Waals surface area contributed by atoms with Crippen LogP contribution in [0.25, 0.3) is 11.0 Å². The molecule has 6 heteroatoms. The molecule has 0 bridgehead atoms. The van der Waals surface area contributed by atoms with E-state index in [1.807, 2.05) is 6.07 Å². The fourth-order valence-corrected chi connectivity index (χ4v) is 3.19. The molecule has 146 valence electrons. The van der Waals surface area contributed by atoms with E-state index in [9.17, 15) is 9.90 Å². The fourth-order valence-electron chi connectivity index (χ4n) is 3.06. The maximum atomic E-state index is 12.6. The first kappa shape index (κ1) is 20.0. The molecule has 0 spiro atoms. The number of carbonyl (C=O) groups is 1. The Bertz CT molecular complexity index is 1040. The first-order valence-electron chi connectivity index (χ1n) is 9.39. The molecule has 3 N–H and O–H groups in total. The summed E-state index contributed by atoms with van der Waals surface area (Å²) in [6, 6.07) is 11.7. The van der Waals surface area contributed by atoms with Crippen LogP contribution in [0, 0.1) is 5.41 Å². The van der Waals surface area contributed by atoms with Crippen LogP contribution in [-0.2, 0) is 6.42 Å². The van der Waals surface area contributed by atoms with Crippen LogP contribution >= 0.6 is 11.6 Å². The third kappa shape index (κ3) is 4.73. The Labute approximate surface area is 168 Å². The number of hydrogen-bond donors (Lipinski definition) is 3. The normalized spacial score (nSPS) is 10.9. The summed E-state index contributed by atoms with van der Waals surface area (Å²) in [4.78, 5) is 12.6. The number of hydrogen-bond acceptors (Lipinski definition) is 4. The topological polar surface area (TPSA) is 86.3 Å². The SMILES string of the molecule is CCCCCCc1cc2cc(C(=O)Nc3ccc(Cl)cc3)c(=N)oc2cc1O. The molecule has 0 radical (unpaired) electrons. The second kappa shape index (κ2) is 8.93. The lowest BCUT2D eigenvalue weighted by Crippen LogP contribution is -2.20. The van der Waals surface area contributed by atoms with Crippen molar-refractivity contribution in [2.24, 2.45) is 0 Å². The van der Waals surface area contributed by atoms with Crippen LogP contribution in [0.1, 0.15) is 48.5 Å². The van der Waals surface area contributed by atoms with E-state index in [1.54, 1.807) is 30.3 Å². The van der Waals surface area contributed by atoms with Crippen molar-refractivity contribution >= 4 is 34.2 Å². The largest absolute Gasteiger partial charge is 0.508 e. The van der Waals surface area contributed by atoms with Gasteiger partial charge in [-0.3, -0.25) is 10.2 Å². The average molecular weight is 399 g/mol. The number of amides is 1. The Kier molecular flexibility index (Phi) is 6.37. The molecule has 28 heavy (non-hydrogen) atoms. The van der Waals surface area contributed by atoms with Crippen LogP contribution in [0.5, 0.6) is 5.75 Å². The van der Waals surface area contributed by atoms with Crippen molar-refractivity contribution < 1.29 is 14.3 Å². The van der Waals surface area contributed by atoms with Gasteiger partial charge in [0.2, 0.25) is 5.55 Å². The number of fused-ring (bicyclic) bond motifs is 1. The standard InChI is InChI=1S/C22H23ClN2O3/c1-2-3-4-5-6-14-11-15-12-18(21(24)28-20(15)13-19(14)26)22(27)25-17-9-7-16(23)8-10-17/h7-13,24,26H,2-6H2,1H3,(H,25,27). The molecule has 3 rings (SSSR count). The Hall–Kier alpha value is -2.79. The van der Waals surface area contributed by atoms with Crippen LogP contribution in [0.15, 0.2) is 46.9 Å². The van der Waals surface area contributed by atoms with Crippen molar-refractivity contribution in [1.82, 2.24) is 0 Å². The smallest absolute Gasteiger partial charge is 0.261 e. The molecule has 3 aromatic rings. The minimum Gasteiger partial charge on any atom is -0.508 e. The van der Waals surface area contributed by atoms with Crippen molar-refractivity contribution in [2.75, 3.05) is 5.32 Å². The Balaban J connectivity index is 1.87. The first-order chi connectivity index (χ1) is 13.5. The molecule has 0 aliphatic heterocycles. The van der Waals surface area contributed by atoms with Gasteiger partial charge in [0.25, 0.3) is 5.91 Å². The number of rotatable bonds is 7. The predicted octanol–water partition coefficient (Wildman–Crippen LogP) is 5.65. The number of phenols is 1. The van der Waals surface area contributed by atoms with Crippen LogP contribution in [0.4, 0.5) is 5.69 Å². The highest BCUT2D eigenvalue weighted by Gasteiger charge is 2.14. The maximum absolute atomic E-state index is 12.6. The van der Waals surface area contributed by atoms with Crippen molar-refractivity contribution in [1.29, 1.82) is 5.41 Å². The number of aryl methyl sites for hydroxylation is 1. The van der Waals surface area contributed by atoms with E-state index in [2.05, 4.69) is 12.2 Å². The fraction of sp³-hybridized carbons (Fsp3) is 0.273. The number of carbonyl (C=O) groups excluding carboxylic acids is 1. The van der Waals surface area contributed by atoms with Crippen molar-refractivity contribution in [3.05, 3.63) is 64.2 Å². The van der Waals surface area contributed by atoms with Gasteiger partial charge in [0.15, 0.2) is 0 Å². The predicted molar refractivity (Wildman–Crippen MR) is 111 cm³/mol. The number of anilines is 1. The number of nitrogens with one attached hydrogen (secondary N) is 2. The van der Waals surface area contributed by atoms with Gasteiger partial charge in [-0.25, -0.2) is 0 Å². The lowest BCUT2D eigenvalue weighted by Gasteiger charge is -2.09. The van der Waals surface area contributed by atoms with Gasteiger partial charge in [-0.15, -0.1) is 0 Å². The molecule has 0 aliphatic rings. The zero-order valence-electron chi connectivity index (χ0n) is 15.7. The highest BCUT2D eigenvalue weighted by atomic mass is 35.5. The minimum absolute atomic E-state index is 0.130. The van der Waals surface area contributed by atoms with Gasteiger partial charge >= 0.3 is 0 Å². The highest BCUT2D eigenvalue weighted by Crippen LogP contribution is 2.26. The average Bonchev–Trinajstić information content (AvgIpc) is 2.67. The Morgan fingerprint density at radius 3 is 2.61 bits per heavy atom. The first-order valence-corrected chi connectivity index (χ1v) is 9.77. The van der Waals surface area contributed by atoms with Crippen molar-refractivity contribution in [3.8, 4) is 5.75 Å². The molecule has 5 nitrogen and oxygen atoms in total. The van der Waals surface area contributed by atoms with Gasteiger partial charge < -0.3 is 14.8 Å². The summed E-state index contributed by atoms with van der Waals surface area (Å²) in [5, 5.41) is 22.3. The van der Waals surface area contributed by atoms with Gasteiger partial charge in [-0.1, -0.05) is 37.8 Å². The molecule has 0 fully saturated rings. The lowest BCUT2D eigenvalue weighted by molar-refractivity contribution is 0.102. The van der Waals surface area contributed by atoms with Crippen LogP contribution in [0.3, 0.4) is 0 Å². The van der Waals surface area contributed by atoms with Gasteiger partial charge in [-0.05, 0) is 54.8 Å². The molecule has 1 heterocycles. The maximum Gasteiger partial charge on any atom is 0.261 e. The molecule has 0 unspecified atom stereocenters. The van der Waals surface area contributed by atoms with Crippen LogP contribution < -0.4 is 10.9 Å². The molecule has 0 atom stereocenters. The van der Waals surface area contributed by atoms with E-state index in [-0.39, 0.29) is 16.9 Å². The molecule has 0 saturated carbocycles. The van der Waals surface area contributed by atoms with Crippen LogP contribution in [0.2, 0.25) is 5.02 Å². The van der Waals surface area contributed by atoms with E-state index in [1.165, 1.54) is 12.5 Å². The van der Waals surface area contributed by atoms with Gasteiger partial charge in [0, 0.05) is 22.2 Å². The molecule has 0 saturated heterocycles. The van der Waals surface area contributed by atoms with E-state index in [0.29, 0.717) is 21.7 Å². The number of unbranched alkanes of at least 4 members (excludes halogenated alkanes) is 3. The second-order valence-corrected chi connectivity index (χ2v) is 7.22. The second-order valence-electron chi connectivity index (χ2n) is 6.78. The number of phenolic OH excluding ortho intramolecular Hbond substituents is 1. The van der Waals surface area contributed by atoms with Crippen molar-refractivity contribution in [2.45, 2.75) is 39.0 Å². The Morgan fingerprint density at radius 1 is 1.14 bits per heavy atom. The number of aromatic hydroxyl groups is 1. The lowest BCUT2D eigenvalue weighted by atomic mass is 10.0. The minimum atomic E-state index is -0.435. The van der Waals surface area contributed by atoms with E-state index in [4.69, 9.17) is 21.4 Å². The summed E-state index contributed by atoms with van der Waals surface area (Å²) < 4.78 is 5.47. The molecular formula is C22H23ClN2O3. The van der Waals surface area contributed by atoms with Gasteiger partial charge in [0.05, 0.1) is 0 Å². The molecular weight excluding hydrogens is 376 g/mol. The number of halogens is 1. The Morgan fingerprint density at radius 2 is 1.89 bits per heavy atom. The highest BCUT2D eigenvalue weighted by molar-refractivity contribution is 6.30. The molecule has 1 aromatic heterocycles. The summed E-state index contributed by atoms with van der Waals surface area (Å²) in [7, 11) is 0. The summed E-state index contributed by atoms with van der Waals surface area (Å²) >= 11 is 5.86. The molecule has 0 aliphatic carbocycles. The van der Waals surface area contributed by atoms with E-state index < -0.39 is 5.91 Å². The number of benzene rings is 2. The summed E-state index contributed by atoms with van der Waals surface area (Å²) in [6.45, 7) is 2.16. The summed E-state index contributed by atoms with van der Waals surface area (Å²) in [5.74, 6) is -0.277. The third-order valence-electron chi connectivity index (χ3n) is 4.61. The van der Waals surface area contributed by atoms with E-state index in [0.717, 1.165) is 31.2 Å². The molecule has 1 amide bonds. The summed E-state index contributed by atoms with van der Waals surface area (Å²) in [5.41, 5.74) is 1.65.